The average molecular weight is 533 g/mol. The van der Waals surface area contributed by atoms with E-state index in [1.54, 1.807) is 0 Å². The number of halogens is 2. The molecule has 1 aliphatic rings. The molecule has 2 N–H and O–H groups in total. The van der Waals surface area contributed by atoms with Gasteiger partial charge in [0.15, 0.2) is 11.8 Å². The van der Waals surface area contributed by atoms with E-state index in [4.69, 9.17) is 4.99 Å². The van der Waals surface area contributed by atoms with Crippen LogP contribution in [0.1, 0.15) is 37.5 Å². The van der Waals surface area contributed by atoms with Gasteiger partial charge in [0.2, 0.25) is 0 Å². The molecule has 2 aromatic rings. The normalized spacial score (nSPS) is 16.6. The van der Waals surface area contributed by atoms with Crippen molar-refractivity contribution in [2.75, 3.05) is 6.54 Å². The fourth-order valence-electron chi connectivity index (χ4n) is 2.90. The molecule has 0 radical (unpaired) electrons. The lowest BCUT2D eigenvalue weighted by Gasteiger charge is -2.25. The Morgan fingerprint density at radius 3 is 2.77 bits per heavy atom. The van der Waals surface area contributed by atoms with Gasteiger partial charge in [0.25, 0.3) is 0 Å². The zero-order chi connectivity index (χ0) is 17.6. The number of aliphatic imine (C=N–C) groups is 1. The molecule has 1 atom stereocenters. The van der Waals surface area contributed by atoms with Crippen LogP contribution in [0.5, 0.6) is 0 Å². The maximum Gasteiger partial charge on any atom is 0.191 e. The number of hydrogen-bond donors (Lipinski definition) is 2. The standard InChI is InChI=1S/C18H25BrN6.HI/c1-3-16-23-17-10-9-15(12-25(17)24-16)22-18(20-4-2)21-11-13-5-7-14(19)8-6-13;/h5-8,15H,3-4,9-12H2,1-2H3,(H2,20,21,22);1H. The summed E-state index contributed by atoms with van der Waals surface area (Å²) in [7, 11) is 0. The van der Waals surface area contributed by atoms with Gasteiger partial charge in [0.1, 0.15) is 5.82 Å². The van der Waals surface area contributed by atoms with Gasteiger partial charge >= 0.3 is 0 Å². The first kappa shape index (κ1) is 21.1. The van der Waals surface area contributed by atoms with Crippen LogP contribution in [-0.2, 0) is 25.9 Å². The zero-order valence-electron chi connectivity index (χ0n) is 15.2. The molecule has 142 valence electrons. The van der Waals surface area contributed by atoms with Gasteiger partial charge in [-0.25, -0.2) is 14.7 Å². The number of hydrogen-bond acceptors (Lipinski definition) is 3. The highest BCUT2D eigenvalue weighted by atomic mass is 127. The number of aromatic nitrogens is 3. The summed E-state index contributed by atoms with van der Waals surface area (Å²) >= 11 is 3.46. The molecule has 8 heteroatoms. The summed E-state index contributed by atoms with van der Waals surface area (Å²) in [5, 5.41) is 11.5. The molecule has 0 fully saturated rings. The molecular formula is C18H26BrIN6. The third-order valence-electron chi connectivity index (χ3n) is 4.24. The summed E-state index contributed by atoms with van der Waals surface area (Å²) in [4.78, 5) is 9.30. The van der Waals surface area contributed by atoms with Gasteiger partial charge in [0, 0.05) is 29.9 Å². The SMILES string of the molecule is CCNC(=NCc1ccc(Br)cc1)NC1CCc2nc(CC)nn2C1.I. The van der Waals surface area contributed by atoms with Crippen molar-refractivity contribution in [2.24, 2.45) is 4.99 Å². The van der Waals surface area contributed by atoms with Crippen LogP contribution in [0.25, 0.3) is 0 Å². The quantitative estimate of drug-likeness (QED) is 0.352. The number of rotatable bonds is 5. The van der Waals surface area contributed by atoms with Crippen molar-refractivity contribution in [1.82, 2.24) is 25.4 Å². The molecule has 26 heavy (non-hydrogen) atoms. The van der Waals surface area contributed by atoms with E-state index in [0.29, 0.717) is 12.6 Å². The van der Waals surface area contributed by atoms with E-state index in [0.717, 1.165) is 54.4 Å². The first-order valence-corrected chi connectivity index (χ1v) is 9.69. The van der Waals surface area contributed by atoms with Crippen LogP contribution in [-0.4, -0.2) is 33.3 Å². The van der Waals surface area contributed by atoms with E-state index in [1.807, 2.05) is 16.8 Å². The van der Waals surface area contributed by atoms with Crippen molar-refractivity contribution < 1.29 is 0 Å². The summed E-state index contributed by atoms with van der Waals surface area (Å²) in [5.74, 6) is 2.90. The maximum absolute atomic E-state index is 4.72. The molecule has 6 nitrogen and oxygen atoms in total. The highest BCUT2D eigenvalue weighted by molar-refractivity contribution is 14.0. The number of aryl methyl sites for hydroxylation is 2. The lowest BCUT2D eigenvalue weighted by molar-refractivity contribution is 0.392. The minimum atomic E-state index is 0. The van der Waals surface area contributed by atoms with Gasteiger partial charge in [-0.1, -0.05) is 35.0 Å². The molecule has 1 aliphatic heterocycles. The predicted octanol–water partition coefficient (Wildman–Crippen LogP) is 3.29. The van der Waals surface area contributed by atoms with Gasteiger partial charge in [-0.2, -0.15) is 5.10 Å². The first-order chi connectivity index (χ1) is 12.2. The Bertz CT molecular complexity index is 728. The Kier molecular flexibility index (Phi) is 8.33. The minimum absolute atomic E-state index is 0. The van der Waals surface area contributed by atoms with E-state index in [9.17, 15) is 0 Å². The largest absolute Gasteiger partial charge is 0.357 e. The van der Waals surface area contributed by atoms with E-state index in [2.05, 4.69) is 62.6 Å². The van der Waals surface area contributed by atoms with Gasteiger partial charge in [0.05, 0.1) is 13.1 Å². The minimum Gasteiger partial charge on any atom is -0.357 e. The summed E-state index contributed by atoms with van der Waals surface area (Å²) in [6, 6.07) is 8.59. The van der Waals surface area contributed by atoms with Crippen molar-refractivity contribution >= 4 is 45.9 Å². The Morgan fingerprint density at radius 1 is 1.31 bits per heavy atom. The molecule has 1 aromatic heterocycles. The fraction of sp³-hybridized carbons (Fsp3) is 0.500. The summed E-state index contributed by atoms with van der Waals surface area (Å²) < 4.78 is 3.13. The molecule has 0 saturated heterocycles. The first-order valence-electron chi connectivity index (χ1n) is 8.89. The molecular weight excluding hydrogens is 507 g/mol. The van der Waals surface area contributed by atoms with Crippen molar-refractivity contribution in [1.29, 1.82) is 0 Å². The van der Waals surface area contributed by atoms with Gasteiger partial charge in [-0.15, -0.1) is 24.0 Å². The molecule has 0 amide bonds. The Hall–Kier alpha value is -1.16. The van der Waals surface area contributed by atoms with Crippen LogP contribution in [0.4, 0.5) is 0 Å². The van der Waals surface area contributed by atoms with E-state index in [1.165, 1.54) is 5.56 Å². The van der Waals surface area contributed by atoms with E-state index < -0.39 is 0 Å². The van der Waals surface area contributed by atoms with E-state index in [-0.39, 0.29) is 24.0 Å². The smallest absolute Gasteiger partial charge is 0.191 e. The van der Waals surface area contributed by atoms with E-state index >= 15 is 0 Å². The van der Waals surface area contributed by atoms with Crippen molar-refractivity contribution in [3.63, 3.8) is 0 Å². The Labute approximate surface area is 180 Å². The molecule has 3 rings (SSSR count). The van der Waals surface area contributed by atoms with Crippen molar-refractivity contribution in [3.8, 4) is 0 Å². The third-order valence-corrected chi connectivity index (χ3v) is 4.76. The molecule has 2 heterocycles. The molecule has 1 aromatic carbocycles. The van der Waals surface area contributed by atoms with Crippen LogP contribution in [0.3, 0.4) is 0 Å². The van der Waals surface area contributed by atoms with Crippen molar-refractivity contribution in [2.45, 2.75) is 52.2 Å². The zero-order valence-corrected chi connectivity index (χ0v) is 19.1. The van der Waals surface area contributed by atoms with Crippen LogP contribution in [0.15, 0.2) is 33.7 Å². The number of nitrogens with one attached hydrogen (secondary N) is 2. The second kappa shape index (κ2) is 10.2. The summed E-state index contributed by atoms with van der Waals surface area (Å²) in [5.41, 5.74) is 1.19. The summed E-state index contributed by atoms with van der Waals surface area (Å²) in [6.07, 6.45) is 2.89. The maximum atomic E-state index is 4.72. The second-order valence-corrected chi connectivity index (χ2v) is 7.10. The highest BCUT2D eigenvalue weighted by Gasteiger charge is 2.21. The number of fused-ring (bicyclic) bond motifs is 1. The van der Waals surface area contributed by atoms with Crippen molar-refractivity contribution in [3.05, 3.63) is 46.0 Å². The van der Waals surface area contributed by atoms with Crippen LogP contribution < -0.4 is 10.6 Å². The average Bonchev–Trinajstić information content (AvgIpc) is 3.03. The monoisotopic (exact) mass is 532 g/mol. The number of nitrogens with zero attached hydrogens (tertiary/aromatic N) is 4. The molecule has 1 unspecified atom stereocenters. The fourth-order valence-corrected chi connectivity index (χ4v) is 3.17. The van der Waals surface area contributed by atoms with Crippen LogP contribution >= 0.6 is 39.9 Å². The van der Waals surface area contributed by atoms with Crippen LogP contribution in [0.2, 0.25) is 0 Å². The predicted molar refractivity (Wildman–Crippen MR) is 119 cm³/mol. The number of guanidine groups is 1. The molecule has 0 bridgehead atoms. The topological polar surface area (TPSA) is 67.1 Å². The summed E-state index contributed by atoms with van der Waals surface area (Å²) in [6.45, 7) is 6.51. The molecule has 0 saturated carbocycles. The third kappa shape index (κ3) is 5.67. The Morgan fingerprint density at radius 2 is 2.08 bits per heavy atom. The lowest BCUT2D eigenvalue weighted by atomic mass is 10.1. The highest BCUT2D eigenvalue weighted by Crippen LogP contribution is 2.14. The number of benzene rings is 1. The Balaban J connectivity index is 0.00000243. The van der Waals surface area contributed by atoms with Gasteiger partial charge in [-0.05, 0) is 31.0 Å². The lowest BCUT2D eigenvalue weighted by Crippen LogP contribution is -2.47. The second-order valence-electron chi connectivity index (χ2n) is 6.18. The van der Waals surface area contributed by atoms with Gasteiger partial charge in [-0.3, -0.25) is 0 Å². The molecule has 0 aliphatic carbocycles. The van der Waals surface area contributed by atoms with Gasteiger partial charge < -0.3 is 10.6 Å². The molecule has 0 spiro atoms. The van der Waals surface area contributed by atoms with Crippen LogP contribution in [0, 0.1) is 0 Å².